The smallest absolute Gasteiger partial charge is 0.211 e. The van der Waals surface area contributed by atoms with Gasteiger partial charge in [-0.1, -0.05) is 11.6 Å². The molecule has 4 nitrogen and oxygen atoms in total. The Bertz CT molecular complexity index is 468. The first-order chi connectivity index (χ1) is 7.31. The van der Waals surface area contributed by atoms with Gasteiger partial charge in [0, 0.05) is 18.1 Å². The monoisotopic (exact) mass is 221 g/mol. The van der Waals surface area contributed by atoms with E-state index in [1.165, 1.54) is 0 Å². The third kappa shape index (κ3) is 1.99. The van der Waals surface area contributed by atoms with Crippen LogP contribution in [0.5, 0.6) is 0 Å². The normalized spacial score (nSPS) is 9.93. The Labute approximate surface area is 91.5 Å². The molecule has 1 aromatic carbocycles. The molecule has 2 rings (SSSR count). The predicted octanol–water partition coefficient (Wildman–Crippen LogP) is 2.09. The zero-order valence-corrected chi connectivity index (χ0v) is 8.48. The highest BCUT2D eigenvalue weighted by molar-refractivity contribution is 6.32. The average Bonchev–Trinajstić information content (AvgIpc) is 2.71. The summed E-state index contributed by atoms with van der Waals surface area (Å²) in [4.78, 5) is 10.2. The number of benzene rings is 1. The van der Waals surface area contributed by atoms with Gasteiger partial charge in [0.1, 0.15) is 0 Å². The molecule has 0 aliphatic heterocycles. The molecule has 1 amide bonds. The molecule has 0 aliphatic rings. The van der Waals surface area contributed by atoms with E-state index in [0.29, 0.717) is 17.1 Å². The number of hydrogen-bond acceptors (Lipinski definition) is 2. The lowest BCUT2D eigenvalue weighted by atomic mass is 10.3. The summed E-state index contributed by atoms with van der Waals surface area (Å²) in [6.45, 7) is 0. The molecule has 0 saturated carbocycles. The second kappa shape index (κ2) is 4.14. The van der Waals surface area contributed by atoms with Crippen LogP contribution in [0.1, 0.15) is 0 Å². The van der Waals surface area contributed by atoms with Crippen molar-refractivity contribution in [1.82, 2.24) is 9.78 Å². The van der Waals surface area contributed by atoms with Crippen LogP contribution in [0.3, 0.4) is 0 Å². The van der Waals surface area contributed by atoms with E-state index in [0.717, 1.165) is 5.69 Å². The number of amides is 1. The molecule has 0 aliphatic carbocycles. The largest absolute Gasteiger partial charge is 0.329 e. The highest BCUT2D eigenvalue weighted by Gasteiger charge is 2.03. The van der Waals surface area contributed by atoms with Crippen LogP contribution in [-0.4, -0.2) is 16.2 Å². The zero-order chi connectivity index (χ0) is 10.7. The lowest BCUT2D eigenvalue weighted by Crippen LogP contribution is -1.98. The summed E-state index contributed by atoms with van der Waals surface area (Å²) in [6.07, 6.45) is 4.08. The van der Waals surface area contributed by atoms with Crippen molar-refractivity contribution in [3.05, 3.63) is 41.7 Å². The maximum atomic E-state index is 10.2. The fraction of sp³-hybridized carbons (Fsp3) is 0. The molecule has 5 heteroatoms. The van der Waals surface area contributed by atoms with Crippen molar-refractivity contribution in [1.29, 1.82) is 0 Å². The minimum atomic E-state index is 0.533. The first-order valence-electron chi connectivity index (χ1n) is 4.31. The van der Waals surface area contributed by atoms with E-state index in [-0.39, 0.29) is 0 Å². The molecule has 1 N–H and O–H groups in total. The lowest BCUT2D eigenvalue weighted by molar-refractivity contribution is -0.105. The Kier molecular flexibility index (Phi) is 2.69. The Balaban J connectivity index is 2.39. The summed E-state index contributed by atoms with van der Waals surface area (Å²) >= 11 is 6.04. The van der Waals surface area contributed by atoms with Crippen molar-refractivity contribution in [2.75, 3.05) is 5.32 Å². The highest BCUT2D eigenvalue weighted by Crippen LogP contribution is 2.23. The fourth-order valence-corrected chi connectivity index (χ4v) is 1.53. The Morgan fingerprint density at radius 3 is 2.93 bits per heavy atom. The lowest BCUT2D eigenvalue weighted by Gasteiger charge is -2.06. The third-order valence-electron chi connectivity index (χ3n) is 1.92. The van der Waals surface area contributed by atoms with Gasteiger partial charge in [-0.2, -0.15) is 5.10 Å². The van der Waals surface area contributed by atoms with Crippen LogP contribution < -0.4 is 5.32 Å². The molecule has 1 heterocycles. The van der Waals surface area contributed by atoms with Crippen LogP contribution in [-0.2, 0) is 4.79 Å². The Hall–Kier alpha value is -1.81. The quantitative estimate of drug-likeness (QED) is 0.807. The standard InChI is InChI=1S/C10H8ClN3O/c11-9-6-8(12-7-15)2-3-10(9)14-5-1-4-13-14/h1-7H,(H,12,15). The number of hydrogen-bond donors (Lipinski definition) is 1. The minimum Gasteiger partial charge on any atom is -0.329 e. The summed E-state index contributed by atoms with van der Waals surface area (Å²) in [5.41, 5.74) is 1.43. The van der Waals surface area contributed by atoms with Crippen molar-refractivity contribution in [3.8, 4) is 5.69 Å². The molecule has 2 aromatic rings. The predicted molar refractivity (Wildman–Crippen MR) is 58.3 cm³/mol. The molecule has 0 saturated heterocycles. The van der Waals surface area contributed by atoms with Crippen LogP contribution in [0.2, 0.25) is 5.02 Å². The van der Waals surface area contributed by atoms with Crippen LogP contribution in [0.4, 0.5) is 5.69 Å². The Morgan fingerprint density at radius 1 is 1.47 bits per heavy atom. The molecule has 0 atom stereocenters. The van der Waals surface area contributed by atoms with Crippen molar-refractivity contribution in [2.24, 2.45) is 0 Å². The van der Waals surface area contributed by atoms with Gasteiger partial charge in [-0.15, -0.1) is 0 Å². The number of nitrogens with zero attached hydrogens (tertiary/aromatic N) is 2. The van der Waals surface area contributed by atoms with E-state index in [4.69, 9.17) is 11.6 Å². The number of carbonyl (C=O) groups is 1. The first kappa shape index (κ1) is 9.73. The average molecular weight is 222 g/mol. The molecule has 0 unspecified atom stereocenters. The van der Waals surface area contributed by atoms with Crippen LogP contribution in [0.25, 0.3) is 5.69 Å². The second-order valence-electron chi connectivity index (χ2n) is 2.88. The topological polar surface area (TPSA) is 46.9 Å². The van der Waals surface area contributed by atoms with E-state index >= 15 is 0 Å². The molecule has 1 aromatic heterocycles. The van der Waals surface area contributed by atoms with E-state index in [1.807, 2.05) is 6.07 Å². The summed E-state index contributed by atoms with van der Waals surface area (Å²) in [7, 11) is 0. The van der Waals surface area contributed by atoms with Gasteiger partial charge < -0.3 is 5.32 Å². The molecule has 0 radical (unpaired) electrons. The minimum absolute atomic E-state index is 0.533. The molecular formula is C10H8ClN3O. The summed E-state index contributed by atoms with van der Waals surface area (Å²) in [5, 5.41) is 7.12. The molecule has 0 spiro atoms. The number of halogens is 1. The number of aromatic nitrogens is 2. The maximum Gasteiger partial charge on any atom is 0.211 e. The van der Waals surface area contributed by atoms with Crippen molar-refractivity contribution >= 4 is 23.7 Å². The van der Waals surface area contributed by atoms with Gasteiger partial charge in [0.05, 0.1) is 10.7 Å². The summed E-state index contributed by atoms with van der Waals surface area (Å²) < 4.78 is 1.66. The van der Waals surface area contributed by atoms with E-state index in [9.17, 15) is 4.79 Å². The van der Waals surface area contributed by atoms with E-state index in [1.54, 1.807) is 35.3 Å². The van der Waals surface area contributed by atoms with Crippen LogP contribution in [0.15, 0.2) is 36.7 Å². The van der Waals surface area contributed by atoms with Crippen molar-refractivity contribution < 1.29 is 4.79 Å². The van der Waals surface area contributed by atoms with Gasteiger partial charge in [0.25, 0.3) is 0 Å². The van der Waals surface area contributed by atoms with Gasteiger partial charge in [-0.25, -0.2) is 4.68 Å². The molecular weight excluding hydrogens is 214 g/mol. The molecule has 15 heavy (non-hydrogen) atoms. The summed E-state index contributed by atoms with van der Waals surface area (Å²) in [6, 6.07) is 7.04. The first-order valence-corrected chi connectivity index (χ1v) is 4.69. The van der Waals surface area contributed by atoms with Gasteiger partial charge >= 0.3 is 0 Å². The van der Waals surface area contributed by atoms with Gasteiger partial charge in [0.15, 0.2) is 0 Å². The number of rotatable bonds is 3. The van der Waals surface area contributed by atoms with Crippen molar-refractivity contribution in [3.63, 3.8) is 0 Å². The highest BCUT2D eigenvalue weighted by atomic mass is 35.5. The second-order valence-corrected chi connectivity index (χ2v) is 3.29. The molecule has 76 valence electrons. The van der Waals surface area contributed by atoms with E-state index in [2.05, 4.69) is 10.4 Å². The van der Waals surface area contributed by atoms with Crippen LogP contribution in [0, 0.1) is 0 Å². The third-order valence-corrected chi connectivity index (χ3v) is 2.23. The van der Waals surface area contributed by atoms with Crippen molar-refractivity contribution in [2.45, 2.75) is 0 Å². The van der Waals surface area contributed by atoms with Crippen LogP contribution >= 0.6 is 11.6 Å². The van der Waals surface area contributed by atoms with E-state index < -0.39 is 0 Å². The van der Waals surface area contributed by atoms with Gasteiger partial charge in [-0.05, 0) is 24.3 Å². The molecule has 0 fully saturated rings. The number of anilines is 1. The summed E-state index contributed by atoms with van der Waals surface area (Å²) in [5.74, 6) is 0. The Morgan fingerprint density at radius 2 is 2.33 bits per heavy atom. The SMILES string of the molecule is O=CNc1ccc(-n2cccn2)c(Cl)c1. The number of carbonyl (C=O) groups excluding carboxylic acids is 1. The van der Waals surface area contributed by atoms with Gasteiger partial charge in [-0.3, -0.25) is 4.79 Å². The molecule has 0 bridgehead atoms. The van der Waals surface area contributed by atoms with Gasteiger partial charge in [0.2, 0.25) is 6.41 Å². The maximum absolute atomic E-state index is 10.2. The number of nitrogens with one attached hydrogen (secondary N) is 1. The fourth-order valence-electron chi connectivity index (χ4n) is 1.26. The zero-order valence-electron chi connectivity index (χ0n) is 7.72.